The molecule has 1 heterocycles. The second-order valence-corrected chi connectivity index (χ2v) is 4.89. The van der Waals surface area contributed by atoms with Crippen LogP contribution in [-0.2, 0) is 0 Å². The minimum Gasteiger partial charge on any atom is -0.279 e. The molecule has 0 bridgehead atoms. The Bertz CT molecular complexity index is 489. The highest BCUT2D eigenvalue weighted by molar-refractivity contribution is 6.31. The van der Waals surface area contributed by atoms with Crippen LogP contribution in [0.15, 0.2) is 41.6 Å². The molecular formula is C13H14ClF3N3. The topological polar surface area (TPSA) is 38.2 Å². The SMILES string of the molecule is CCC(NC1(C(F)(F)F)N[N]C=C1Cl)c1ccccc1. The van der Waals surface area contributed by atoms with Crippen LogP contribution in [0.2, 0.25) is 0 Å². The van der Waals surface area contributed by atoms with Gasteiger partial charge in [-0.25, -0.2) is 5.43 Å². The summed E-state index contributed by atoms with van der Waals surface area (Å²) in [5.41, 5.74) is 3.74. The van der Waals surface area contributed by atoms with Gasteiger partial charge in [-0.2, -0.15) is 18.6 Å². The first-order chi connectivity index (χ1) is 9.40. The van der Waals surface area contributed by atoms with Gasteiger partial charge < -0.3 is 0 Å². The van der Waals surface area contributed by atoms with Crippen molar-refractivity contribution in [2.75, 3.05) is 0 Å². The molecule has 0 spiro atoms. The summed E-state index contributed by atoms with van der Waals surface area (Å²) in [6, 6.07) is 8.42. The Hall–Kier alpha value is -1.24. The van der Waals surface area contributed by atoms with Crippen molar-refractivity contribution in [2.45, 2.75) is 31.2 Å². The summed E-state index contributed by atoms with van der Waals surface area (Å²) in [4.78, 5) is 0. The molecule has 0 aromatic heterocycles. The lowest BCUT2D eigenvalue weighted by molar-refractivity contribution is -0.194. The van der Waals surface area contributed by atoms with Gasteiger partial charge in [-0.15, -0.1) is 0 Å². The molecule has 0 amide bonds. The number of alkyl halides is 3. The average molecular weight is 305 g/mol. The van der Waals surface area contributed by atoms with E-state index in [1.165, 1.54) is 0 Å². The van der Waals surface area contributed by atoms with Crippen LogP contribution in [0.1, 0.15) is 24.9 Å². The number of halogens is 4. The monoisotopic (exact) mass is 304 g/mol. The molecule has 109 valence electrons. The molecule has 0 aliphatic carbocycles. The predicted octanol–water partition coefficient (Wildman–Crippen LogP) is 3.19. The first-order valence-electron chi connectivity index (χ1n) is 6.13. The molecule has 1 aliphatic rings. The van der Waals surface area contributed by atoms with E-state index in [9.17, 15) is 13.2 Å². The van der Waals surface area contributed by atoms with E-state index in [1.54, 1.807) is 31.2 Å². The zero-order valence-electron chi connectivity index (χ0n) is 10.7. The Kier molecular flexibility index (Phi) is 4.27. The molecule has 0 saturated carbocycles. The van der Waals surface area contributed by atoms with Crippen LogP contribution < -0.4 is 16.2 Å². The average Bonchev–Trinajstić information content (AvgIpc) is 2.79. The van der Waals surface area contributed by atoms with Gasteiger partial charge in [-0.05, 0) is 12.0 Å². The first-order valence-corrected chi connectivity index (χ1v) is 6.51. The molecule has 1 aromatic carbocycles. The fourth-order valence-corrected chi connectivity index (χ4v) is 2.34. The van der Waals surface area contributed by atoms with E-state index in [1.807, 2.05) is 6.07 Å². The van der Waals surface area contributed by atoms with E-state index in [0.29, 0.717) is 6.42 Å². The van der Waals surface area contributed by atoms with Crippen LogP contribution in [0.25, 0.3) is 0 Å². The van der Waals surface area contributed by atoms with Crippen molar-refractivity contribution in [3.8, 4) is 0 Å². The smallest absolute Gasteiger partial charge is 0.279 e. The number of benzene rings is 1. The third-order valence-corrected chi connectivity index (χ3v) is 3.58. The Morgan fingerprint density at radius 1 is 1.35 bits per heavy atom. The van der Waals surface area contributed by atoms with E-state index in [2.05, 4.69) is 16.2 Å². The maximum atomic E-state index is 13.4. The third-order valence-electron chi connectivity index (χ3n) is 3.19. The molecule has 1 radical (unpaired) electrons. The molecule has 0 saturated heterocycles. The van der Waals surface area contributed by atoms with Crippen molar-refractivity contribution in [3.05, 3.63) is 47.1 Å². The van der Waals surface area contributed by atoms with Crippen molar-refractivity contribution in [1.29, 1.82) is 0 Å². The predicted molar refractivity (Wildman–Crippen MR) is 70.6 cm³/mol. The van der Waals surface area contributed by atoms with Crippen LogP contribution >= 0.6 is 11.6 Å². The summed E-state index contributed by atoms with van der Waals surface area (Å²) >= 11 is 5.73. The molecule has 0 fully saturated rings. The van der Waals surface area contributed by atoms with Crippen LogP contribution in [0.3, 0.4) is 0 Å². The number of hydrogen-bond donors (Lipinski definition) is 2. The largest absolute Gasteiger partial charge is 0.426 e. The Balaban J connectivity index is 2.31. The van der Waals surface area contributed by atoms with Crippen molar-refractivity contribution in [2.24, 2.45) is 0 Å². The first kappa shape index (κ1) is 15.2. The highest BCUT2D eigenvalue weighted by Gasteiger charge is 2.60. The van der Waals surface area contributed by atoms with Gasteiger partial charge in [0.05, 0.1) is 11.2 Å². The summed E-state index contributed by atoms with van der Waals surface area (Å²) in [5.74, 6) is 0. The second kappa shape index (κ2) is 5.63. The lowest BCUT2D eigenvalue weighted by Gasteiger charge is -2.36. The number of rotatable bonds is 4. The quantitative estimate of drug-likeness (QED) is 0.896. The second-order valence-electron chi connectivity index (χ2n) is 4.48. The molecular weight excluding hydrogens is 291 g/mol. The lowest BCUT2D eigenvalue weighted by Crippen LogP contribution is -2.65. The minimum absolute atomic E-state index is 0.417. The Morgan fingerprint density at radius 2 is 2.00 bits per heavy atom. The molecule has 2 atom stereocenters. The van der Waals surface area contributed by atoms with Crippen molar-refractivity contribution in [3.63, 3.8) is 0 Å². The van der Waals surface area contributed by atoms with Gasteiger partial charge in [0, 0.05) is 6.04 Å². The van der Waals surface area contributed by atoms with E-state index >= 15 is 0 Å². The van der Waals surface area contributed by atoms with Crippen molar-refractivity contribution in [1.82, 2.24) is 16.2 Å². The molecule has 20 heavy (non-hydrogen) atoms. The zero-order valence-corrected chi connectivity index (χ0v) is 11.5. The van der Waals surface area contributed by atoms with Crippen LogP contribution in [0.5, 0.6) is 0 Å². The number of hydrogen-bond acceptors (Lipinski definition) is 2. The highest BCUT2D eigenvalue weighted by atomic mass is 35.5. The van der Waals surface area contributed by atoms with E-state index in [4.69, 9.17) is 11.6 Å². The molecule has 3 nitrogen and oxygen atoms in total. The third kappa shape index (κ3) is 2.63. The normalized spacial score (nSPS) is 24.1. The van der Waals surface area contributed by atoms with Crippen LogP contribution in [0.4, 0.5) is 13.2 Å². The minimum atomic E-state index is -4.61. The van der Waals surface area contributed by atoms with Gasteiger partial charge in [0.1, 0.15) is 0 Å². The summed E-state index contributed by atoms with van der Waals surface area (Å²) < 4.78 is 40.1. The Labute approximate surface area is 120 Å². The fourth-order valence-electron chi connectivity index (χ4n) is 2.09. The maximum Gasteiger partial charge on any atom is 0.426 e. The van der Waals surface area contributed by atoms with Gasteiger partial charge in [0.15, 0.2) is 0 Å². The van der Waals surface area contributed by atoms with Gasteiger partial charge in [-0.3, -0.25) is 5.32 Å². The molecule has 1 aromatic rings. The number of nitrogens with zero attached hydrogens (tertiary/aromatic N) is 1. The fraction of sp³-hybridized carbons (Fsp3) is 0.385. The van der Waals surface area contributed by atoms with E-state index in [-0.39, 0.29) is 0 Å². The lowest BCUT2D eigenvalue weighted by atomic mass is 10.0. The maximum absolute atomic E-state index is 13.4. The van der Waals surface area contributed by atoms with Crippen molar-refractivity contribution < 1.29 is 13.2 Å². The van der Waals surface area contributed by atoms with Crippen LogP contribution in [-0.4, -0.2) is 11.8 Å². The van der Waals surface area contributed by atoms with E-state index < -0.39 is 22.9 Å². The van der Waals surface area contributed by atoms with Gasteiger partial charge >= 0.3 is 6.18 Å². The van der Waals surface area contributed by atoms with Crippen LogP contribution in [0, 0.1) is 0 Å². The molecule has 2 N–H and O–H groups in total. The molecule has 7 heteroatoms. The standard InChI is InChI=1S/C13H14ClF3N3/c1-2-10(9-6-4-3-5-7-9)19-12(13(15,16)17)11(14)8-18-20-12/h3-8,10,19-20H,2H2,1H3. The number of nitrogens with one attached hydrogen (secondary N) is 2. The highest BCUT2D eigenvalue weighted by Crippen LogP contribution is 2.39. The molecule has 1 aliphatic heterocycles. The summed E-state index contributed by atoms with van der Waals surface area (Å²) in [6.07, 6.45) is -3.16. The van der Waals surface area contributed by atoms with E-state index in [0.717, 1.165) is 11.8 Å². The van der Waals surface area contributed by atoms with Crippen molar-refractivity contribution >= 4 is 11.6 Å². The Morgan fingerprint density at radius 3 is 2.45 bits per heavy atom. The zero-order chi connectivity index (χ0) is 14.8. The van der Waals surface area contributed by atoms with Gasteiger partial charge in [0.25, 0.3) is 0 Å². The van der Waals surface area contributed by atoms with Gasteiger partial charge in [-0.1, -0.05) is 48.9 Å². The molecule has 2 rings (SSSR count). The molecule has 2 unspecified atom stereocenters. The summed E-state index contributed by atoms with van der Waals surface area (Å²) in [6.45, 7) is 1.80. The summed E-state index contributed by atoms with van der Waals surface area (Å²) in [7, 11) is 0. The van der Waals surface area contributed by atoms with Gasteiger partial charge in [0.2, 0.25) is 5.66 Å². The summed E-state index contributed by atoms with van der Waals surface area (Å²) in [5, 5.41) is 2.14.